The van der Waals surface area contributed by atoms with Crippen LogP contribution in [-0.2, 0) is 0 Å². The van der Waals surface area contributed by atoms with E-state index in [9.17, 15) is 4.39 Å². The Morgan fingerprint density at radius 2 is 2.00 bits per heavy atom. The first-order valence-corrected chi connectivity index (χ1v) is 6.84. The van der Waals surface area contributed by atoms with Gasteiger partial charge in [0.05, 0.1) is 0 Å². The second-order valence-corrected chi connectivity index (χ2v) is 5.32. The summed E-state index contributed by atoms with van der Waals surface area (Å²) in [5.74, 6) is -0.167. The molecule has 0 saturated carbocycles. The van der Waals surface area contributed by atoms with Crippen LogP contribution < -0.4 is 4.90 Å². The van der Waals surface area contributed by atoms with Gasteiger partial charge in [0, 0.05) is 25.3 Å². The highest BCUT2D eigenvalue weighted by molar-refractivity contribution is 5.45. The van der Waals surface area contributed by atoms with Crippen LogP contribution in [0.3, 0.4) is 0 Å². The SMILES string of the molecule is CN(CCC1CCCCN1C)c1ccc(F)cc1. The van der Waals surface area contributed by atoms with E-state index in [0.29, 0.717) is 6.04 Å². The normalized spacial score (nSPS) is 20.9. The predicted molar refractivity (Wildman–Crippen MR) is 74.6 cm³/mol. The first kappa shape index (κ1) is 13.3. The van der Waals surface area contributed by atoms with Crippen LogP contribution in [0.5, 0.6) is 0 Å². The van der Waals surface area contributed by atoms with Crippen LogP contribution in [0.25, 0.3) is 0 Å². The first-order valence-electron chi connectivity index (χ1n) is 6.84. The Bertz CT molecular complexity index is 363. The minimum atomic E-state index is -0.167. The molecule has 1 aliphatic rings. The molecule has 1 fully saturated rings. The summed E-state index contributed by atoms with van der Waals surface area (Å²) in [7, 11) is 4.30. The van der Waals surface area contributed by atoms with Gasteiger partial charge in [-0.15, -0.1) is 0 Å². The smallest absolute Gasteiger partial charge is 0.123 e. The summed E-state index contributed by atoms with van der Waals surface area (Å²) in [6, 6.07) is 7.46. The Hall–Kier alpha value is -1.09. The van der Waals surface area contributed by atoms with Crippen molar-refractivity contribution in [1.29, 1.82) is 0 Å². The standard InChI is InChI=1S/C15H23FN2/c1-17-11-4-3-5-14(17)10-12-18(2)15-8-6-13(16)7-9-15/h6-9,14H,3-5,10-12H2,1-2H3. The highest BCUT2D eigenvalue weighted by Crippen LogP contribution is 2.19. The van der Waals surface area contributed by atoms with Crippen molar-refractivity contribution in [3.63, 3.8) is 0 Å². The molecule has 1 heterocycles. The molecule has 1 unspecified atom stereocenters. The summed E-state index contributed by atoms with van der Waals surface area (Å²) in [5, 5.41) is 0. The zero-order valence-corrected chi connectivity index (χ0v) is 11.4. The van der Waals surface area contributed by atoms with Crippen molar-refractivity contribution in [2.75, 3.05) is 32.1 Å². The van der Waals surface area contributed by atoms with Gasteiger partial charge in [0.15, 0.2) is 0 Å². The minimum absolute atomic E-state index is 0.167. The topological polar surface area (TPSA) is 6.48 Å². The van der Waals surface area contributed by atoms with Gasteiger partial charge in [-0.1, -0.05) is 6.42 Å². The fraction of sp³-hybridized carbons (Fsp3) is 0.600. The molecule has 18 heavy (non-hydrogen) atoms. The molecule has 3 heteroatoms. The van der Waals surface area contributed by atoms with E-state index in [4.69, 9.17) is 0 Å². The van der Waals surface area contributed by atoms with Crippen molar-refractivity contribution in [2.45, 2.75) is 31.7 Å². The molecule has 1 aliphatic heterocycles. The zero-order valence-electron chi connectivity index (χ0n) is 11.4. The molecule has 1 saturated heterocycles. The number of benzene rings is 1. The number of nitrogens with zero attached hydrogens (tertiary/aromatic N) is 2. The maximum atomic E-state index is 12.9. The molecule has 0 radical (unpaired) electrons. The molecule has 1 atom stereocenters. The molecule has 0 amide bonds. The largest absolute Gasteiger partial charge is 0.375 e. The van der Waals surface area contributed by atoms with Crippen molar-refractivity contribution < 1.29 is 4.39 Å². The summed E-state index contributed by atoms with van der Waals surface area (Å²) < 4.78 is 12.9. The van der Waals surface area contributed by atoms with Gasteiger partial charge in [-0.05, 0) is 57.1 Å². The number of anilines is 1. The number of piperidine rings is 1. The van der Waals surface area contributed by atoms with E-state index in [1.54, 1.807) is 0 Å². The molecule has 2 rings (SSSR count). The van der Waals surface area contributed by atoms with Crippen LogP contribution in [0.2, 0.25) is 0 Å². The third kappa shape index (κ3) is 3.45. The average Bonchev–Trinajstić information content (AvgIpc) is 2.38. The number of rotatable bonds is 4. The van der Waals surface area contributed by atoms with Crippen LogP contribution in [-0.4, -0.2) is 38.1 Å². The second-order valence-electron chi connectivity index (χ2n) is 5.32. The van der Waals surface area contributed by atoms with Gasteiger partial charge in [0.25, 0.3) is 0 Å². The van der Waals surface area contributed by atoms with Gasteiger partial charge >= 0.3 is 0 Å². The maximum absolute atomic E-state index is 12.9. The quantitative estimate of drug-likeness (QED) is 0.810. The number of hydrogen-bond donors (Lipinski definition) is 0. The molecule has 0 aliphatic carbocycles. The molecule has 100 valence electrons. The lowest BCUT2D eigenvalue weighted by molar-refractivity contribution is 0.178. The van der Waals surface area contributed by atoms with Crippen LogP contribution >= 0.6 is 0 Å². The van der Waals surface area contributed by atoms with Crippen LogP contribution in [0, 0.1) is 5.82 Å². The Balaban J connectivity index is 1.83. The summed E-state index contributed by atoms with van der Waals surface area (Å²) in [6.45, 7) is 2.26. The van der Waals surface area contributed by atoms with Crippen LogP contribution in [0.1, 0.15) is 25.7 Å². The number of hydrogen-bond acceptors (Lipinski definition) is 2. The van der Waals surface area contributed by atoms with Crippen LogP contribution in [0.15, 0.2) is 24.3 Å². The molecule has 0 bridgehead atoms. The summed E-state index contributed by atoms with van der Waals surface area (Å²) in [5.41, 5.74) is 1.09. The van der Waals surface area contributed by atoms with E-state index in [1.165, 1.54) is 44.4 Å². The molecule has 0 N–H and O–H groups in total. The number of halogens is 1. The van der Waals surface area contributed by atoms with E-state index in [1.807, 2.05) is 12.1 Å². The van der Waals surface area contributed by atoms with Crippen molar-refractivity contribution >= 4 is 5.69 Å². The van der Waals surface area contributed by atoms with E-state index >= 15 is 0 Å². The van der Waals surface area contributed by atoms with Gasteiger partial charge in [0.1, 0.15) is 5.82 Å². The molecule has 1 aromatic carbocycles. The van der Waals surface area contributed by atoms with E-state index < -0.39 is 0 Å². The maximum Gasteiger partial charge on any atom is 0.123 e. The lowest BCUT2D eigenvalue weighted by Crippen LogP contribution is -2.38. The van der Waals surface area contributed by atoms with Crippen molar-refractivity contribution in [1.82, 2.24) is 4.90 Å². The van der Waals surface area contributed by atoms with Gasteiger partial charge in [-0.3, -0.25) is 0 Å². The Kier molecular flexibility index (Phi) is 4.59. The lowest BCUT2D eigenvalue weighted by atomic mass is 10.00. The third-order valence-electron chi connectivity index (χ3n) is 3.99. The highest BCUT2D eigenvalue weighted by Gasteiger charge is 2.18. The average molecular weight is 250 g/mol. The third-order valence-corrected chi connectivity index (χ3v) is 3.99. The summed E-state index contributed by atoms with van der Waals surface area (Å²) in [4.78, 5) is 4.68. The molecular formula is C15H23FN2. The van der Waals surface area contributed by atoms with Gasteiger partial charge in [-0.2, -0.15) is 0 Å². The molecule has 0 aromatic heterocycles. The zero-order chi connectivity index (χ0) is 13.0. The van der Waals surface area contributed by atoms with Crippen LogP contribution in [0.4, 0.5) is 10.1 Å². The molecule has 2 nitrogen and oxygen atoms in total. The summed E-state index contributed by atoms with van der Waals surface area (Å²) >= 11 is 0. The van der Waals surface area contributed by atoms with E-state index in [2.05, 4.69) is 23.9 Å². The van der Waals surface area contributed by atoms with Gasteiger partial charge in [0.2, 0.25) is 0 Å². The van der Waals surface area contributed by atoms with Gasteiger partial charge < -0.3 is 9.80 Å². The molecular weight excluding hydrogens is 227 g/mol. The Labute approximate surface area is 109 Å². The van der Waals surface area contributed by atoms with Crippen molar-refractivity contribution in [3.8, 4) is 0 Å². The molecule has 0 spiro atoms. The second kappa shape index (κ2) is 6.19. The summed E-state index contributed by atoms with van der Waals surface area (Å²) in [6.07, 6.45) is 5.19. The lowest BCUT2D eigenvalue weighted by Gasteiger charge is -2.33. The van der Waals surface area contributed by atoms with E-state index in [0.717, 1.165) is 12.2 Å². The number of likely N-dealkylation sites (tertiary alicyclic amines) is 1. The fourth-order valence-corrected chi connectivity index (χ4v) is 2.68. The monoisotopic (exact) mass is 250 g/mol. The fourth-order valence-electron chi connectivity index (χ4n) is 2.68. The minimum Gasteiger partial charge on any atom is -0.375 e. The highest BCUT2D eigenvalue weighted by atomic mass is 19.1. The van der Waals surface area contributed by atoms with Crippen molar-refractivity contribution in [3.05, 3.63) is 30.1 Å². The predicted octanol–water partition coefficient (Wildman–Crippen LogP) is 3.14. The Morgan fingerprint density at radius 3 is 2.67 bits per heavy atom. The first-order chi connectivity index (χ1) is 8.66. The van der Waals surface area contributed by atoms with Crippen molar-refractivity contribution in [2.24, 2.45) is 0 Å². The Morgan fingerprint density at radius 1 is 1.28 bits per heavy atom. The van der Waals surface area contributed by atoms with Gasteiger partial charge in [-0.25, -0.2) is 4.39 Å². The molecule has 1 aromatic rings. The van der Waals surface area contributed by atoms with E-state index in [-0.39, 0.29) is 5.82 Å².